The number of anilines is 1. The summed E-state index contributed by atoms with van der Waals surface area (Å²) in [7, 11) is 8.43. The van der Waals surface area contributed by atoms with Crippen LogP contribution in [0.4, 0.5) is 11.4 Å². The monoisotopic (exact) mass is 396 g/mol. The molecule has 0 spiro atoms. The molecule has 0 saturated heterocycles. The second-order valence-corrected chi connectivity index (χ2v) is 8.60. The average molecular weight is 397 g/mol. The Labute approximate surface area is 179 Å². The molecule has 0 unspecified atom stereocenters. The minimum atomic E-state index is 0.997. The zero-order chi connectivity index (χ0) is 21.1. The van der Waals surface area contributed by atoms with Crippen molar-refractivity contribution in [2.24, 2.45) is 0 Å². The maximum Gasteiger partial charge on any atom is 0.138 e. The van der Waals surface area contributed by atoms with E-state index < -0.39 is 0 Å². The van der Waals surface area contributed by atoms with E-state index in [1.807, 2.05) is 0 Å². The molecule has 2 N–H and O–H groups in total. The van der Waals surface area contributed by atoms with Crippen LogP contribution in [0.3, 0.4) is 0 Å². The third-order valence-electron chi connectivity index (χ3n) is 5.63. The smallest absolute Gasteiger partial charge is 0.138 e. The molecule has 0 radical (unpaired) electrons. The van der Waals surface area contributed by atoms with Crippen LogP contribution in [0.15, 0.2) is 47.7 Å². The van der Waals surface area contributed by atoms with E-state index in [1.165, 1.54) is 79.7 Å². The van der Waals surface area contributed by atoms with E-state index in [4.69, 9.17) is 0 Å². The molecule has 0 heterocycles. The maximum absolute atomic E-state index is 2.44. The fourth-order valence-corrected chi connectivity index (χ4v) is 3.70. The van der Waals surface area contributed by atoms with Gasteiger partial charge in [-0.05, 0) is 49.1 Å². The number of allylic oxidation sites excluding steroid dienone is 4. The number of rotatable bonds is 12. The van der Waals surface area contributed by atoms with Crippen molar-refractivity contribution >= 4 is 17.5 Å². The predicted octanol–water partition coefficient (Wildman–Crippen LogP) is 5.49. The van der Waals surface area contributed by atoms with Gasteiger partial charge in [-0.15, -0.1) is 0 Å². The number of hydrogen-bond acceptors (Lipinski definition) is 2. The Balaban J connectivity index is 1.98. The highest BCUT2D eigenvalue weighted by molar-refractivity contribution is 5.69. The lowest BCUT2D eigenvalue weighted by Crippen LogP contribution is -2.78. The normalized spacial score (nSPS) is 14.9. The van der Waals surface area contributed by atoms with Crippen LogP contribution >= 0.6 is 0 Å². The molecule has 0 aliphatic heterocycles. The molecule has 0 bridgehead atoms. The van der Waals surface area contributed by atoms with Gasteiger partial charge in [0.25, 0.3) is 0 Å². The molecule has 0 amide bonds. The van der Waals surface area contributed by atoms with E-state index >= 15 is 0 Å². The zero-order valence-electron chi connectivity index (χ0n) is 19.4. The highest BCUT2D eigenvalue weighted by Gasteiger charge is 2.10. The Morgan fingerprint density at radius 2 is 1.62 bits per heavy atom. The van der Waals surface area contributed by atoms with Crippen LogP contribution in [0.2, 0.25) is 0 Å². The first-order valence-corrected chi connectivity index (χ1v) is 11.4. The van der Waals surface area contributed by atoms with Crippen LogP contribution in [0, 0.1) is 0 Å². The summed E-state index contributed by atoms with van der Waals surface area (Å²) in [5.74, 6) is 0. The quantitative estimate of drug-likeness (QED) is 0.373. The molecule has 1 aromatic rings. The fourth-order valence-electron chi connectivity index (χ4n) is 3.70. The van der Waals surface area contributed by atoms with Gasteiger partial charge in [-0.2, -0.15) is 0 Å². The van der Waals surface area contributed by atoms with Gasteiger partial charge in [0.15, 0.2) is 0 Å². The van der Waals surface area contributed by atoms with Crippen LogP contribution in [0.25, 0.3) is 6.08 Å². The summed E-state index contributed by atoms with van der Waals surface area (Å²) < 4.78 is 0. The Morgan fingerprint density at radius 1 is 0.897 bits per heavy atom. The van der Waals surface area contributed by atoms with Crippen molar-refractivity contribution in [2.45, 2.75) is 58.3 Å². The molecule has 3 heteroatoms. The second-order valence-electron chi connectivity index (χ2n) is 8.60. The SMILES string of the molecule is CCCCCCCCC[NH2+]c1cc(N(C)C)ccc1/C=C1/C=CC(N(C)C)=CC1. The van der Waals surface area contributed by atoms with E-state index in [0.717, 1.165) is 6.42 Å². The van der Waals surface area contributed by atoms with E-state index in [-0.39, 0.29) is 0 Å². The number of nitrogens with two attached hydrogens (primary N) is 1. The first-order valence-electron chi connectivity index (χ1n) is 11.4. The Bertz CT molecular complexity index is 711. The van der Waals surface area contributed by atoms with Crippen LogP contribution in [0.5, 0.6) is 0 Å². The topological polar surface area (TPSA) is 23.1 Å². The van der Waals surface area contributed by atoms with E-state index in [0.29, 0.717) is 0 Å². The van der Waals surface area contributed by atoms with Crippen LogP contribution in [-0.2, 0) is 0 Å². The van der Waals surface area contributed by atoms with Gasteiger partial charge >= 0.3 is 0 Å². The first-order chi connectivity index (χ1) is 14.0. The summed E-state index contributed by atoms with van der Waals surface area (Å²) >= 11 is 0. The van der Waals surface area contributed by atoms with Crippen molar-refractivity contribution in [1.82, 2.24) is 4.90 Å². The molecular formula is C26H42N3+. The molecule has 1 aromatic carbocycles. The molecule has 1 aliphatic rings. The lowest BCUT2D eigenvalue weighted by atomic mass is 10.0. The van der Waals surface area contributed by atoms with Crippen molar-refractivity contribution in [1.29, 1.82) is 0 Å². The summed E-state index contributed by atoms with van der Waals surface area (Å²) in [6.07, 6.45) is 19.7. The second kappa shape index (κ2) is 12.5. The van der Waals surface area contributed by atoms with Crippen molar-refractivity contribution in [3.8, 4) is 0 Å². The van der Waals surface area contributed by atoms with E-state index in [1.54, 1.807) is 0 Å². The van der Waals surface area contributed by atoms with E-state index in [2.05, 4.69) is 92.7 Å². The summed E-state index contributed by atoms with van der Waals surface area (Å²) in [5.41, 5.74) is 6.63. The Hall–Kier alpha value is -2.00. The predicted molar refractivity (Wildman–Crippen MR) is 129 cm³/mol. The van der Waals surface area contributed by atoms with Crippen LogP contribution in [0.1, 0.15) is 63.9 Å². The van der Waals surface area contributed by atoms with Crippen molar-refractivity contribution < 1.29 is 5.32 Å². The molecule has 1 aliphatic carbocycles. The van der Waals surface area contributed by atoms with Crippen molar-refractivity contribution in [3.63, 3.8) is 0 Å². The molecule has 0 saturated carbocycles. The summed E-state index contributed by atoms with van der Waals surface area (Å²) in [6, 6.07) is 6.84. The highest BCUT2D eigenvalue weighted by atomic mass is 15.1. The number of benzene rings is 1. The Morgan fingerprint density at radius 3 is 2.24 bits per heavy atom. The number of quaternary nitrogens is 1. The molecule has 29 heavy (non-hydrogen) atoms. The minimum absolute atomic E-state index is 0.997. The maximum atomic E-state index is 2.44. The van der Waals surface area contributed by atoms with Gasteiger partial charge in [0.05, 0.1) is 6.54 Å². The minimum Gasteiger partial charge on any atom is -0.378 e. The molecule has 160 valence electrons. The lowest BCUT2D eigenvalue weighted by molar-refractivity contribution is -0.572. The lowest BCUT2D eigenvalue weighted by Gasteiger charge is -2.18. The van der Waals surface area contributed by atoms with Gasteiger partial charge < -0.3 is 15.1 Å². The third-order valence-corrected chi connectivity index (χ3v) is 5.63. The summed E-state index contributed by atoms with van der Waals surface area (Å²) in [4.78, 5) is 4.36. The zero-order valence-corrected chi connectivity index (χ0v) is 19.4. The standard InChI is InChI=1S/C26H41N3/c1-6-7-8-9-10-11-12-19-27-26-21-25(29(4)5)18-15-23(26)20-22-13-16-24(17-14-22)28(2)3/h13,15-18,20-21,27H,6-12,14,19H2,1-5H3/p+1/b22-20-. The summed E-state index contributed by atoms with van der Waals surface area (Å²) in [6.45, 7) is 3.45. The third kappa shape index (κ3) is 8.10. The van der Waals surface area contributed by atoms with Gasteiger partial charge in [0.2, 0.25) is 0 Å². The van der Waals surface area contributed by atoms with Crippen molar-refractivity contribution in [3.05, 3.63) is 53.3 Å². The van der Waals surface area contributed by atoms with Gasteiger partial charge in [-0.3, -0.25) is 0 Å². The van der Waals surface area contributed by atoms with Gasteiger partial charge in [0, 0.05) is 51.2 Å². The number of hydrogen-bond donors (Lipinski definition) is 1. The Kier molecular flexibility index (Phi) is 10.1. The number of likely N-dealkylation sites (N-methyl/N-ethyl adjacent to an activating group) is 1. The van der Waals surface area contributed by atoms with Crippen molar-refractivity contribution in [2.75, 3.05) is 39.6 Å². The van der Waals surface area contributed by atoms with E-state index in [9.17, 15) is 0 Å². The molecule has 0 fully saturated rings. The average Bonchev–Trinajstić information content (AvgIpc) is 2.71. The largest absolute Gasteiger partial charge is 0.378 e. The molecule has 2 rings (SSSR count). The molecule has 3 nitrogen and oxygen atoms in total. The highest BCUT2D eigenvalue weighted by Crippen LogP contribution is 2.25. The van der Waals surface area contributed by atoms with Crippen LogP contribution in [-0.4, -0.2) is 39.6 Å². The molecule has 0 atom stereocenters. The van der Waals surface area contributed by atoms with Crippen LogP contribution < -0.4 is 10.2 Å². The number of nitrogens with zero attached hydrogens (tertiary/aromatic N) is 2. The molecular weight excluding hydrogens is 354 g/mol. The summed E-state index contributed by atoms with van der Waals surface area (Å²) in [5, 5.41) is 2.44. The molecule has 0 aromatic heterocycles. The van der Waals surface area contributed by atoms with Gasteiger partial charge in [-0.1, -0.05) is 51.2 Å². The van der Waals surface area contributed by atoms with Gasteiger partial charge in [-0.25, -0.2) is 0 Å². The number of unbranched alkanes of at least 4 members (excludes halogenated alkanes) is 6. The first kappa shape index (κ1) is 23.3. The fraction of sp³-hybridized carbons (Fsp3) is 0.538. The van der Waals surface area contributed by atoms with Gasteiger partial charge in [0.1, 0.15) is 5.69 Å².